The van der Waals surface area contributed by atoms with Crippen molar-refractivity contribution in [1.82, 2.24) is 10.6 Å². The molecule has 2 rings (SSSR count). The molecule has 0 aromatic carbocycles. The van der Waals surface area contributed by atoms with E-state index in [1.165, 1.54) is 0 Å². The Kier molecular flexibility index (Phi) is 2.62. The lowest BCUT2D eigenvalue weighted by atomic mass is 9.99. The van der Waals surface area contributed by atoms with Crippen molar-refractivity contribution in [2.45, 2.75) is 31.8 Å². The zero-order valence-corrected chi connectivity index (χ0v) is 8.51. The van der Waals surface area contributed by atoms with Gasteiger partial charge in [0.05, 0.1) is 6.10 Å². The molecule has 3 heteroatoms. The summed E-state index contributed by atoms with van der Waals surface area (Å²) in [7, 11) is 0. The lowest BCUT2D eigenvalue weighted by molar-refractivity contribution is 0.00622. The summed E-state index contributed by atoms with van der Waals surface area (Å²) in [5, 5.41) is 5.67. The Bertz CT molecular complexity index is 266. The topological polar surface area (TPSA) is 33.3 Å². The van der Waals surface area contributed by atoms with Crippen molar-refractivity contribution < 1.29 is 10.2 Å². The van der Waals surface area contributed by atoms with Gasteiger partial charge < -0.3 is 15.4 Å². The molecule has 82 valence electrons. The maximum absolute atomic E-state index is 7.66. The molecule has 0 aromatic rings. The first-order chi connectivity index (χ1) is 8.36. The van der Waals surface area contributed by atoms with Gasteiger partial charge in [0.15, 0.2) is 0 Å². The van der Waals surface area contributed by atoms with E-state index in [0.29, 0.717) is 12.5 Å². The van der Waals surface area contributed by atoms with E-state index in [1.807, 2.05) is 0 Å². The van der Waals surface area contributed by atoms with Crippen LogP contribution in [-0.4, -0.2) is 38.8 Å². The monoisotopic (exact) mass is 202 g/mol. The van der Waals surface area contributed by atoms with Crippen LogP contribution in [0.5, 0.6) is 0 Å². The first-order valence-corrected chi connectivity index (χ1v) is 5.48. The quantitative estimate of drug-likeness (QED) is 0.709. The average molecular weight is 202 g/mol. The molecule has 0 aliphatic carbocycles. The molecule has 0 bridgehead atoms. The molecule has 2 fully saturated rings. The molecular formula is C11H22N2O. The minimum absolute atomic E-state index is 0.220. The summed E-state index contributed by atoms with van der Waals surface area (Å²) < 4.78 is 36.4. The Hall–Kier alpha value is -0.120. The Morgan fingerprint density at radius 2 is 1.79 bits per heavy atom. The van der Waals surface area contributed by atoms with Crippen LogP contribution in [0.2, 0.25) is 0 Å². The zero-order chi connectivity index (χ0) is 13.2. The average Bonchev–Trinajstić information content (AvgIpc) is 2.24. The van der Waals surface area contributed by atoms with Crippen LogP contribution in [0.25, 0.3) is 0 Å². The van der Waals surface area contributed by atoms with E-state index >= 15 is 0 Å². The summed E-state index contributed by atoms with van der Waals surface area (Å²) in [6.07, 6.45) is 2.29. The first kappa shape index (κ1) is 6.46. The zero-order valence-electron chi connectivity index (χ0n) is 12.5. The molecule has 0 aromatic heterocycles. The Labute approximate surface area is 92.2 Å². The van der Waals surface area contributed by atoms with E-state index < -0.39 is 13.0 Å². The maximum Gasteiger partial charge on any atom is 0.0599 e. The normalized spacial score (nSPS) is 38.0. The SMILES string of the molecule is [2H]C1([2H])CC(OCC2CCNCC2)CC([2H])([2H])N1. The summed E-state index contributed by atoms with van der Waals surface area (Å²) in [6.45, 7) is -0.705. The number of hydrogen-bond acceptors (Lipinski definition) is 3. The van der Waals surface area contributed by atoms with E-state index in [-0.39, 0.29) is 18.9 Å². The molecular weight excluding hydrogens is 176 g/mol. The van der Waals surface area contributed by atoms with Gasteiger partial charge in [0, 0.05) is 12.1 Å². The summed E-state index contributed by atoms with van der Waals surface area (Å²) in [5.41, 5.74) is 0. The molecule has 0 amide bonds. The van der Waals surface area contributed by atoms with E-state index in [4.69, 9.17) is 10.2 Å². The Morgan fingerprint density at radius 1 is 1.07 bits per heavy atom. The minimum atomic E-state index is -1.68. The molecule has 3 nitrogen and oxygen atoms in total. The van der Waals surface area contributed by atoms with Crippen molar-refractivity contribution >= 4 is 0 Å². The van der Waals surface area contributed by atoms with Crippen LogP contribution in [0.3, 0.4) is 0 Å². The van der Waals surface area contributed by atoms with E-state index in [2.05, 4.69) is 10.6 Å². The second-order valence-corrected chi connectivity index (χ2v) is 4.04. The lowest BCUT2D eigenvalue weighted by Gasteiger charge is -2.27. The van der Waals surface area contributed by atoms with Crippen molar-refractivity contribution in [3.63, 3.8) is 0 Å². The highest BCUT2D eigenvalue weighted by Gasteiger charge is 2.17. The van der Waals surface area contributed by atoms with Gasteiger partial charge in [0.1, 0.15) is 0 Å². The molecule has 0 radical (unpaired) electrons. The predicted molar refractivity (Wildman–Crippen MR) is 57.4 cm³/mol. The third-order valence-electron chi connectivity index (χ3n) is 2.86. The standard InChI is InChI=1S/C11H22N2O/c1-5-12-6-2-10(1)9-14-11-3-7-13-8-4-11/h10-13H,1-9H2/i7D2,8D2. The third-order valence-corrected chi connectivity index (χ3v) is 2.86. The van der Waals surface area contributed by atoms with Gasteiger partial charge in [-0.05, 0) is 57.7 Å². The van der Waals surface area contributed by atoms with Gasteiger partial charge in [-0.1, -0.05) is 0 Å². The van der Waals surface area contributed by atoms with Gasteiger partial charge in [0.25, 0.3) is 0 Å². The number of hydrogen-bond donors (Lipinski definition) is 2. The lowest BCUT2D eigenvalue weighted by Crippen LogP contribution is -2.35. The van der Waals surface area contributed by atoms with Crippen molar-refractivity contribution in [3.05, 3.63) is 0 Å². The smallest absolute Gasteiger partial charge is 0.0599 e. The highest BCUT2D eigenvalue weighted by Crippen LogP contribution is 2.15. The summed E-state index contributed by atoms with van der Waals surface area (Å²) in [6, 6.07) is 0. The molecule has 14 heavy (non-hydrogen) atoms. The van der Waals surface area contributed by atoms with Crippen molar-refractivity contribution in [3.8, 4) is 0 Å². The summed E-state index contributed by atoms with van der Waals surface area (Å²) in [5.74, 6) is 0.526. The van der Waals surface area contributed by atoms with Gasteiger partial charge in [-0.15, -0.1) is 0 Å². The van der Waals surface area contributed by atoms with Crippen LogP contribution in [0.15, 0.2) is 0 Å². The molecule has 2 aliphatic heterocycles. The van der Waals surface area contributed by atoms with Crippen LogP contribution in [0, 0.1) is 5.92 Å². The van der Waals surface area contributed by atoms with Crippen molar-refractivity contribution in [2.75, 3.05) is 32.7 Å². The van der Waals surface area contributed by atoms with E-state index in [1.54, 1.807) is 0 Å². The van der Waals surface area contributed by atoms with Crippen LogP contribution >= 0.6 is 0 Å². The fourth-order valence-electron chi connectivity index (χ4n) is 1.90. The van der Waals surface area contributed by atoms with Gasteiger partial charge >= 0.3 is 0 Å². The first-order valence-electron chi connectivity index (χ1n) is 7.48. The van der Waals surface area contributed by atoms with E-state index in [0.717, 1.165) is 25.9 Å². The van der Waals surface area contributed by atoms with Gasteiger partial charge in [-0.3, -0.25) is 0 Å². The van der Waals surface area contributed by atoms with Gasteiger partial charge in [-0.25, -0.2) is 0 Å². The van der Waals surface area contributed by atoms with Crippen LogP contribution in [0.1, 0.15) is 31.2 Å². The van der Waals surface area contributed by atoms with Crippen LogP contribution < -0.4 is 10.6 Å². The Morgan fingerprint density at radius 3 is 2.50 bits per heavy atom. The molecule has 2 aliphatic rings. The van der Waals surface area contributed by atoms with Crippen molar-refractivity contribution in [1.29, 1.82) is 0 Å². The second kappa shape index (κ2) is 5.69. The fraction of sp³-hybridized carbons (Fsp3) is 1.00. The number of nitrogens with one attached hydrogen (secondary N) is 2. The molecule has 0 saturated carbocycles. The fourth-order valence-corrected chi connectivity index (χ4v) is 1.90. The largest absolute Gasteiger partial charge is 0.378 e. The van der Waals surface area contributed by atoms with Crippen LogP contribution in [-0.2, 0) is 4.74 Å². The molecule has 0 spiro atoms. The maximum atomic E-state index is 7.66. The Balaban J connectivity index is 1.81. The second-order valence-electron chi connectivity index (χ2n) is 4.04. The molecule has 2 N–H and O–H groups in total. The summed E-state index contributed by atoms with van der Waals surface area (Å²) >= 11 is 0. The molecule has 0 unspecified atom stereocenters. The third kappa shape index (κ3) is 3.23. The highest BCUT2D eigenvalue weighted by atomic mass is 16.5. The van der Waals surface area contributed by atoms with Crippen molar-refractivity contribution in [2.24, 2.45) is 5.92 Å². The van der Waals surface area contributed by atoms with Gasteiger partial charge in [-0.2, -0.15) is 0 Å². The highest BCUT2D eigenvalue weighted by molar-refractivity contribution is 4.71. The van der Waals surface area contributed by atoms with Crippen LogP contribution in [0.4, 0.5) is 0 Å². The number of piperidine rings is 2. The number of rotatable bonds is 3. The number of ether oxygens (including phenoxy) is 1. The minimum Gasteiger partial charge on any atom is -0.378 e. The predicted octanol–water partition coefficient (Wildman–Crippen LogP) is 0.755. The molecule has 2 heterocycles. The summed E-state index contributed by atoms with van der Waals surface area (Å²) in [4.78, 5) is 0. The van der Waals surface area contributed by atoms with E-state index in [9.17, 15) is 0 Å². The molecule has 0 atom stereocenters. The molecule has 2 saturated heterocycles. The van der Waals surface area contributed by atoms with Gasteiger partial charge in [0.2, 0.25) is 0 Å².